The lowest BCUT2D eigenvalue weighted by Crippen LogP contribution is -2.34. The summed E-state index contributed by atoms with van der Waals surface area (Å²) in [6, 6.07) is 10.4. The Labute approximate surface area is 182 Å². The Morgan fingerprint density at radius 1 is 1.07 bits per heavy atom. The van der Waals surface area contributed by atoms with Gasteiger partial charge in [0.25, 0.3) is 5.91 Å². The number of aromatic nitrogens is 1. The molecule has 1 amide bonds. The molecule has 1 heterocycles. The van der Waals surface area contributed by atoms with Crippen LogP contribution in [0.25, 0.3) is 10.2 Å². The molecule has 2 aromatic carbocycles. The van der Waals surface area contributed by atoms with Crippen LogP contribution in [-0.4, -0.2) is 57.6 Å². The molecule has 160 valence electrons. The number of carbonyl (C=O) groups is 1. The topological polar surface area (TPSA) is 70.6 Å². The van der Waals surface area contributed by atoms with E-state index in [1.807, 2.05) is 34.0 Å². The highest BCUT2D eigenvalue weighted by Gasteiger charge is 2.26. The van der Waals surface area contributed by atoms with Gasteiger partial charge >= 0.3 is 0 Å². The first-order valence-corrected chi connectivity index (χ1v) is 12.4. The first-order valence-electron chi connectivity index (χ1n) is 9.72. The largest absolute Gasteiger partial charge is 0.309 e. The summed E-state index contributed by atoms with van der Waals surface area (Å²) < 4.78 is 25.5. The van der Waals surface area contributed by atoms with Crippen LogP contribution in [0, 0.1) is 13.8 Å². The summed E-state index contributed by atoms with van der Waals surface area (Å²) in [6.07, 6.45) is 1.87. The van der Waals surface area contributed by atoms with Gasteiger partial charge in [0.05, 0.1) is 20.7 Å². The predicted molar refractivity (Wildman–Crippen MR) is 123 cm³/mol. The third-order valence-corrected chi connectivity index (χ3v) is 7.25. The Bertz CT molecular complexity index is 1180. The molecule has 8 heteroatoms. The molecule has 6 nitrogen and oxygen atoms in total. The summed E-state index contributed by atoms with van der Waals surface area (Å²) in [6.45, 7) is 5.32. The molecule has 30 heavy (non-hydrogen) atoms. The van der Waals surface area contributed by atoms with Crippen molar-refractivity contribution in [3.63, 3.8) is 0 Å². The average Bonchev–Trinajstić information content (AvgIpc) is 3.11. The third-order valence-electron chi connectivity index (χ3n) is 5.05. The minimum Gasteiger partial charge on any atom is -0.309 e. The molecular formula is C22H27N3O3S2. The predicted octanol–water partition coefficient (Wildman–Crippen LogP) is 3.92. The highest BCUT2D eigenvalue weighted by Crippen LogP contribution is 2.33. The van der Waals surface area contributed by atoms with Gasteiger partial charge in [-0.2, -0.15) is 0 Å². The molecule has 3 aromatic rings. The highest BCUT2D eigenvalue weighted by molar-refractivity contribution is 7.90. The summed E-state index contributed by atoms with van der Waals surface area (Å²) >= 11 is 1.45. The maximum absolute atomic E-state index is 13.5. The number of hydrogen-bond acceptors (Lipinski definition) is 6. The minimum absolute atomic E-state index is 0.0424. The van der Waals surface area contributed by atoms with E-state index in [0.717, 1.165) is 40.6 Å². The zero-order chi connectivity index (χ0) is 22.1. The number of rotatable bonds is 7. The number of aryl methyl sites for hydroxylation is 2. The second-order valence-electron chi connectivity index (χ2n) is 7.73. The molecular weight excluding hydrogens is 418 g/mol. The van der Waals surface area contributed by atoms with E-state index in [0.29, 0.717) is 11.7 Å². The summed E-state index contributed by atoms with van der Waals surface area (Å²) in [7, 11) is 0.424. The Kier molecular flexibility index (Phi) is 6.59. The molecule has 0 aliphatic heterocycles. The van der Waals surface area contributed by atoms with Gasteiger partial charge in [0.15, 0.2) is 15.0 Å². The van der Waals surface area contributed by atoms with Crippen molar-refractivity contribution >= 4 is 42.4 Å². The summed E-state index contributed by atoms with van der Waals surface area (Å²) in [5.41, 5.74) is 3.30. The lowest BCUT2D eigenvalue weighted by molar-refractivity contribution is 0.0983. The number of amides is 1. The number of benzene rings is 2. The maximum atomic E-state index is 13.5. The van der Waals surface area contributed by atoms with E-state index < -0.39 is 9.84 Å². The van der Waals surface area contributed by atoms with Crippen molar-refractivity contribution in [2.24, 2.45) is 0 Å². The molecule has 0 spiro atoms. The van der Waals surface area contributed by atoms with Crippen LogP contribution in [0.2, 0.25) is 0 Å². The standard InChI is InChI=1S/C22H27N3O3S2/c1-15-11-12-18-20(16(15)2)23-22(29-18)25(14-8-13-24(3)4)21(26)17-9-6-7-10-19(17)30(5,27)28/h6-7,9-12H,8,13-14H2,1-5H3. The van der Waals surface area contributed by atoms with E-state index in [4.69, 9.17) is 4.98 Å². The molecule has 0 atom stereocenters. The number of carbonyl (C=O) groups excluding carboxylic acids is 1. The smallest absolute Gasteiger partial charge is 0.261 e. The van der Waals surface area contributed by atoms with Crippen LogP contribution in [-0.2, 0) is 9.84 Å². The van der Waals surface area contributed by atoms with Gasteiger partial charge in [0.1, 0.15) is 0 Å². The van der Waals surface area contributed by atoms with E-state index in [1.54, 1.807) is 23.1 Å². The van der Waals surface area contributed by atoms with E-state index in [9.17, 15) is 13.2 Å². The second-order valence-corrected chi connectivity index (χ2v) is 10.7. The van der Waals surface area contributed by atoms with Crippen molar-refractivity contribution in [1.82, 2.24) is 9.88 Å². The van der Waals surface area contributed by atoms with Crippen LogP contribution in [0.3, 0.4) is 0 Å². The van der Waals surface area contributed by atoms with Crippen LogP contribution < -0.4 is 4.90 Å². The lowest BCUT2D eigenvalue weighted by Gasteiger charge is -2.22. The van der Waals surface area contributed by atoms with Crippen LogP contribution >= 0.6 is 11.3 Å². The van der Waals surface area contributed by atoms with E-state index in [1.165, 1.54) is 17.4 Å². The Hall–Kier alpha value is -2.29. The number of hydrogen-bond donors (Lipinski definition) is 0. The fourth-order valence-electron chi connectivity index (χ4n) is 3.27. The number of thiazole rings is 1. The molecule has 0 unspecified atom stereocenters. The molecule has 0 fully saturated rings. The van der Waals surface area contributed by atoms with Gasteiger partial charge < -0.3 is 4.90 Å². The fraction of sp³-hybridized carbons (Fsp3) is 0.364. The number of sulfone groups is 1. The van der Waals surface area contributed by atoms with E-state index >= 15 is 0 Å². The molecule has 3 rings (SSSR count). The minimum atomic E-state index is -3.54. The number of anilines is 1. The monoisotopic (exact) mass is 445 g/mol. The number of fused-ring (bicyclic) bond motifs is 1. The van der Waals surface area contributed by atoms with Gasteiger partial charge in [-0.05, 0) is 70.2 Å². The van der Waals surface area contributed by atoms with Gasteiger partial charge in [0.2, 0.25) is 0 Å². The highest BCUT2D eigenvalue weighted by atomic mass is 32.2. The molecule has 0 bridgehead atoms. The Morgan fingerprint density at radius 3 is 2.43 bits per heavy atom. The molecule has 0 saturated carbocycles. The van der Waals surface area contributed by atoms with Crippen molar-refractivity contribution in [3.8, 4) is 0 Å². The van der Waals surface area contributed by atoms with Gasteiger partial charge in [0, 0.05) is 12.8 Å². The van der Waals surface area contributed by atoms with Gasteiger partial charge in [-0.3, -0.25) is 9.69 Å². The SMILES string of the molecule is Cc1ccc2sc(N(CCCN(C)C)C(=O)c3ccccc3S(C)(=O)=O)nc2c1C. The van der Waals surface area contributed by atoms with E-state index in [2.05, 4.69) is 11.0 Å². The molecule has 0 radical (unpaired) electrons. The quantitative estimate of drug-likeness (QED) is 0.551. The van der Waals surface area contributed by atoms with Gasteiger partial charge in [-0.15, -0.1) is 0 Å². The fourth-order valence-corrected chi connectivity index (χ4v) is 5.20. The maximum Gasteiger partial charge on any atom is 0.261 e. The Morgan fingerprint density at radius 2 is 1.77 bits per heavy atom. The summed E-state index contributed by atoms with van der Waals surface area (Å²) in [4.78, 5) is 22.0. The summed E-state index contributed by atoms with van der Waals surface area (Å²) in [5.74, 6) is -0.344. The molecule has 1 aromatic heterocycles. The van der Waals surface area contributed by atoms with Crippen molar-refractivity contribution in [1.29, 1.82) is 0 Å². The van der Waals surface area contributed by atoms with Crippen LogP contribution in [0.15, 0.2) is 41.3 Å². The zero-order valence-electron chi connectivity index (χ0n) is 18.0. The van der Waals surface area contributed by atoms with Crippen LogP contribution in [0.5, 0.6) is 0 Å². The molecule has 0 aliphatic carbocycles. The molecule has 0 saturated heterocycles. The normalized spacial score (nSPS) is 11.9. The van der Waals surface area contributed by atoms with Crippen molar-refractivity contribution in [2.45, 2.75) is 25.2 Å². The molecule has 0 aliphatic rings. The lowest BCUT2D eigenvalue weighted by atomic mass is 10.1. The van der Waals surface area contributed by atoms with E-state index in [-0.39, 0.29) is 16.4 Å². The van der Waals surface area contributed by atoms with Crippen molar-refractivity contribution in [3.05, 3.63) is 53.1 Å². The first-order chi connectivity index (χ1) is 14.1. The second kappa shape index (κ2) is 8.83. The van der Waals surface area contributed by atoms with Crippen LogP contribution in [0.4, 0.5) is 5.13 Å². The summed E-state index contributed by atoms with van der Waals surface area (Å²) in [5, 5.41) is 0.589. The molecule has 0 N–H and O–H groups in total. The van der Waals surface area contributed by atoms with Crippen molar-refractivity contribution < 1.29 is 13.2 Å². The van der Waals surface area contributed by atoms with Crippen molar-refractivity contribution in [2.75, 3.05) is 38.3 Å². The first kappa shape index (κ1) is 22.4. The third kappa shape index (κ3) is 4.71. The average molecular weight is 446 g/mol. The number of nitrogens with zero attached hydrogens (tertiary/aromatic N) is 3. The van der Waals surface area contributed by atoms with Crippen LogP contribution in [0.1, 0.15) is 27.9 Å². The van der Waals surface area contributed by atoms with Gasteiger partial charge in [-0.25, -0.2) is 13.4 Å². The zero-order valence-corrected chi connectivity index (χ0v) is 19.6. The Balaban J connectivity index is 2.08. The van der Waals surface area contributed by atoms with Gasteiger partial charge in [-0.1, -0.05) is 29.5 Å².